The highest BCUT2D eigenvalue weighted by molar-refractivity contribution is 7.08. The Morgan fingerprint density at radius 3 is 2.73 bits per heavy atom. The van der Waals surface area contributed by atoms with Crippen molar-refractivity contribution in [2.75, 3.05) is 13.1 Å². The lowest BCUT2D eigenvalue weighted by Gasteiger charge is -2.25. The molecule has 4 nitrogen and oxygen atoms in total. The van der Waals surface area contributed by atoms with Gasteiger partial charge in [-0.3, -0.25) is 9.59 Å². The molecule has 0 bridgehead atoms. The minimum absolute atomic E-state index is 0.0956. The molecule has 0 unspecified atom stereocenters. The maximum absolute atomic E-state index is 12.3. The summed E-state index contributed by atoms with van der Waals surface area (Å²) in [6, 6.07) is 11.4. The molecule has 2 amide bonds. The lowest BCUT2D eigenvalue weighted by atomic mass is 10.1. The third-order valence-corrected chi connectivity index (χ3v) is 4.55. The summed E-state index contributed by atoms with van der Waals surface area (Å²) in [6.07, 6.45) is 1.51. The van der Waals surface area contributed by atoms with Gasteiger partial charge in [0, 0.05) is 24.9 Å². The van der Waals surface area contributed by atoms with E-state index in [-0.39, 0.29) is 17.9 Å². The molecule has 1 aliphatic heterocycles. The number of carbonyl (C=O) groups excluding carboxylic acids is 2. The first-order valence-electron chi connectivity index (χ1n) is 7.40. The van der Waals surface area contributed by atoms with Crippen molar-refractivity contribution in [3.63, 3.8) is 0 Å². The van der Waals surface area contributed by atoms with Gasteiger partial charge in [0.1, 0.15) is 0 Å². The van der Waals surface area contributed by atoms with Crippen LogP contribution in [-0.2, 0) is 4.79 Å². The summed E-state index contributed by atoms with van der Waals surface area (Å²) in [7, 11) is 0. The SMILES string of the molecule is O=C(N[C@@H](CN1CCCC1=O)c1ccccc1)c1ccsc1. The average molecular weight is 314 g/mol. The standard InChI is InChI=1S/C17H18N2O2S/c20-16-7-4-9-19(16)11-15(13-5-2-1-3-6-13)18-17(21)14-8-10-22-12-14/h1-3,5-6,8,10,12,15H,4,7,9,11H2,(H,18,21)/t15-/m0/s1. The van der Waals surface area contributed by atoms with Crippen LogP contribution in [0.2, 0.25) is 0 Å². The summed E-state index contributed by atoms with van der Waals surface area (Å²) in [4.78, 5) is 26.0. The second-order valence-corrected chi connectivity index (χ2v) is 6.17. The normalized spacial score (nSPS) is 15.8. The van der Waals surface area contributed by atoms with Crippen molar-refractivity contribution in [2.45, 2.75) is 18.9 Å². The fourth-order valence-corrected chi connectivity index (χ4v) is 3.31. The van der Waals surface area contributed by atoms with E-state index >= 15 is 0 Å². The van der Waals surface area contributed by atoms with E-state index in [9.17, 15) is 9.59 Å². The molecule has 0 radical (unpaired) electrons. The second kappa shape index (κ2) is 6.75. The summed E-state index contributed by atoms with van der Waals surface area (Å²) in [5.74, 6) is 0.0764. The van der Waals surface area contributed by atoms with E-state index in [0.29, 0.717) is 18.5 Å². The third kappa shape index (κ3) is 3.36. The Labute approximate surface area is 133 Å². The molecule has 1 aliphatic rings. The van der Waals surface area contributed by atoms with E-state index in [0.717, 1.165) is 18.5 Å². The molecule has 1 N–H and O–H groups in total. The van der Waals surface area contributed by atoms with Crippen molar-refractivity contribution < 1.29 is 9.59 Å². The molecule has 1 atom stereocenters. The summed E-state index contributed by atoms with van der Waals surface area (Å²) < 4.78 is 0. The van der Waals surface area contributed by atoms with Crippen LogP contribution >= 0.6 is 11.3 Å². The van der Waals surface area contributed by atoms with Gasteiger partial charge in [0.2, 0.25) is 5.91 Å². The highest BCUT2D eigenvalue weighted by Crippen LogP contribution is 2.19. The van der Waals surface area contributed by atoms with Gasteiger partial charge in [0.25, 0.3) is 5.91 Å². The number of amides is 2. The highest BCUT2D eigenvalue weighted by atomic mass is 32.1. The van der Waals surface area contributed by atoms with Crippen LogP contribution in [0, 0.1) is 0 Å². The van der Waals surface area contributed by atoms with Gasteiger partial charge in [0.15, 0.2) is 0 Å². The van der Waals surface area contributed by atoms with Gasteiger partial charge in [-0.25, -0.2) is 0 Å². The van der Waals surface area contributed by atoms with Gasteiger partial charge < -0.3 is 10.2 Å². The molecule has 114 valence electrons. The van der Waals surface area contributed by atoms with E-state index in [2.05, 4.69) is 5.32 Å². The first kappa shape index (κ1) is 14.8. The zero-order valence-electron chi connectivity index (χ0n) is 12.2. The molecule has 1 fully saturated rings. The van der Waals surface area contributed by atoms with Gasteiger partial charge in [-0.05, 0) is 23.4 Å². The van der Waals surface area contributed by atoms with E-state index in [1.54, 1.807) is 0 Å². The summed E-state index contributed by atoms with van der Waals surface area (Å²) >= 11 is 1.50. The molecule has 1 aromatic heterocycles. The van der Waals surface area contributed by atoms with Gasteiger partial charge in [-0.1, -0.05) is 30.3 Å². The smallest absolute Gasteiger partial charge is 0.252 e. The molecule has 0 aliphatic carbocycles. The molecule has 1 aromatic carbocycles. The highest BCUT2D eigenvalue weighted by Gasteiger charge is 2.25. The fourth-order valence-electron chi connectivity index (χ4n) is 2.67. The number of nitrogens with one attached hydrogen (secondary N) is 1. The van der Waals surface area contributed by atoms with Crippen molar-refractivity contribution in [3.05, 3.63) is 58.3 Å². The van der Waals surface area contributed by atoms with Crippen molar-refractivity contribution >= 4 is 23.2 Å². The zero-order valence-corrected chi connectivity index (χ0v) is 13.0. The summed E-state index contributed by atoms with van der Waals surface area (Å²) in [5, 5.41) is 6.77. The minimum atomic E-state index is -0.185. The average Bonchev–Trinajstić information content (AvgIpc) is 3.20. The number of likely N-dealkylation sites (tertiary alicyclic amines) is 1. The quantitative estimate of drug-likeness (QED) is 0.922. The van der Waals surface area contributed by atoms with E-state index in [1.165, 1.54) is 11.3 Å². The molecule has 3 rings (SSSR count). The van der Waals surface area contributed by atoms with Crippen LogP contribution in [0.5, 0.6) is 0 Å². The van der Waals surface area contributed by atoms with Crippen LogP contribution in [0.15, 0.2) is 47.2 Å². The van der Waals surface area contributed by atoms with Crippen molar-refractivity contribution in [2.24, 2.45) is 0 Å². The number of carbonyl (C=O) groups is 2. The van der Waals surface area contributed by atoms with Gasteiger partial charge >= 0.3 is 0 Å². The number of nitrogens with zero attached hydrogens (tertiary/aromatic N) is 1. The number of rotatable bonds is 5. The molecule has 0 spiro atoms. The van der Waals surface area contributed by atoms with E-state index in [4.69, 9.17) is 0 Å². The predicted molar refractivity (Wildman–Crippen MR) is 86.8 cm³/mol. The molecule has 2 aromatic rings. The maximum Gasteiger partial charge on any atom is 0.252 e. The number of benzene rings is 1. The molecular formula is C17H18N2O2S. The second-order valence-electron chi connectivity index (χ2n) is 5.39. The van der Waals surface area contributed by atoms with E-state index < -0.39 is 0 Å². The zero-order chi connectivity index (χ0) is 15.4. The topological polar surface area (TPSA) is 49.4 Å². The predicted octanol–water partition coefficient (Wildman–Crippen LogP) is 2.84. The van der Waals surface area contributed by atoms with Crippen LogP contribution < -0.4 is 5.32 Å². The van der Waals surface area contributed by atoms with Crippen molar-refractivity contribution in [3.8, 4) is 0 Å². The number of hydrogen-bond donors (Lipinski definition) is 1. The molecular weight excluding hydrogens is 296 g/mol. The van der Waals surface area contributed by atoms with Crippen LogP contribution in [-0.4, -0.2) is 29.8 Å². The van der Waals surface area contributed by atoms with Crippen LogP contribution in [0.3, 0.4) is 0 Å². The maximum atomic E-state index is 12.3. The lowest BCUT2D eigenvalue weighted by molar-refractivity contribution is -0.128. The van der Waals surface area contributed by atoms with Gasteiger partial charge in [-0.15, -0.1) is 0 Å². The summed E-state index contributed by atoms with van der Waals surface area (Å²) in [6.45, 7) is 1.30. The number of hydrogen-bond acceptors (Lipinski definition) is 3. The first-order valence-corrected chi connectivity index (χ1v) is 8.34. The fraction of sp³-hybridized carbons (Fsp3) is 0.294. The Morgan fingerprint density at radius 1 is 1.27 bits per heavy atom. The van der Waals surface area contributed by atoms with E-state index in [1.807, 2.05) is 52.1 Å². The Hall–Kier alpha value is -2.14. The van der Waals surface area contributed by atoms with Crippen LogP contribution in [0.1, 0.15) is 34.8 Å². The summed E-state index contributed by atoms with van der Waals surface area (Å²) in [5.41, 5.74) is 1.68. The third-order valence-electron chi connectivity index (χ3n) is 3.86. The van der Waals surface area contributed by atoms with Crippen LogP contribution in [0.4, 0.5) is 0 Å². The molecule has 22 heavy (non-hydrogen) atoms. The molecule has 1 saturated heterocycles. The monoisotopic (exact) mass is 314 g/mol. The number of thiophene rings is 1. The molecule has 0 saturated carbocycles. The van der Waals surface area contributed by atoms with Crippen molar-refractivity contribution in [1.29, 1.82) is 0 Å². The lowest BCUT2D eigenvalue weighted by Crippen LogP contribution is -2.38. The Kier molecular flexibility index (Phi) is 4.53. The first-order chi connectivity index (χ1) is 10.7. The Balaban J connectivity index is 1.77. The largest absolute Gasteiger partial charge is 0.343 e. The van der Waals surface area contributed by atoms with Gasteiger partial charge in [0.05, 0.1) is 11.6 Å². The van der Waals surface area contributed by atoms with Crippen molar-refractivity contribution in [1.82, 2.24) is 10.2 Å². The molecule has 5 heteroatoms. The molecule has 2 heterocycles. The minimum Gasteiger partial charge on any atom is -0.343 e. The Morgan fingerprint density at radius 2 is 2.09 bits per heavy atom. The van der Waals surface area contributed by atoms with Crippen LogP contribution in [0.25, 0.3) is 0 Å². The Bertz CT molecular complexity index is 640. The van der Waals surface area contributed by atoms with Gasteiger partial charge in [-0.2, -0.15) is 11.3 Å².